The molecule has 0 radical (unpaired) electrons. The van der Waals surface area contributed by atoms with Crippen LogP contribution in [-0.4, -0.2) is 42.3 Å². The van der Waals surface area contributed by atoms with E-state index in [1.54, 1.807) is 37.0 Å². The van der Waals surface area contributed by atoms with Crippen LogP contribution in [0.1, 0.15) is 15.4 Å². The predicted molar refractivity (Wildman–Crippen MR) is 116 cm³/mol. The van der Waals surface area contributed by atoms with Crippen molar-refractivity contribution in [1.29, 1.82) is 0 Å². The summed E-state index contributed by atoms with van der Waals surface area (Å²) < 4.78 is 33.7. The third-order valence-corrected chi connectivity index (χ3v) is 8.77. The Morgan fingerprint density at radius 2 is 2.03 bits per heavy atom. The fourth-order valence-electron chi connectivity index (χ4n) is 3.02. The minimum Gasteiger partial charge on any atom is -0.465 e. The number of rotatable bonds is 6. The summed E-state index contributed by atoms with van der Waals surface area (Å²) in [4.78, 5) is 21.0. The monoisotopic (exact) mass is 459 g/mol. The molecule has 0 aliphatic rings. The number of thiophene rings is 1. The van der Waals surface area contributed by atoms with Gasteiger partial charge in [-0.1, -0.05) is 6.07 Å². The first-order valence-electron chi connectivity index (χ1n) is 8.80. The number of pyridine rings is 1. The van der Waals surface area contributed by atoms with Crippen molar-refractivity contribution in [2.75, 3.05) is 13.4 Å². The number of thioether (sulfide) groups is 1. The van der Waals surface area contributed by atoms with Gasteiger partial charge in [0.2, 0.25) is 9.84 Å². The van der Waals surface area contributed by atoms with E-state index in [1.165, 1.54) is 24.9 Å². The largest absolute Gasteiger partial charge is 0.465 e. The lowest BCUT2D eigenvalue weighted by Crippen LogP contribution is -2.03. The first kappa shape index (κ1) is 20.6. The maximum atomic E-state index is 13.3. The average Bonchev–Trinajstić information content (AvgIpc) is 3.38. The molecule has 3 aromatic heterocycles. The van der Waals surface area contributed by atoms with Gasteiger partial charge in [-0.05, 0) is 42.7 Å². The first-order valence-corrected chi connectivity index (χ1v) is 12.3. The van der Waals surface area contributed by atoms with Crippen molar-refractivity contribution >= 4 is 49.9 Å². The van der Waals surface area contributed by atoms with Crippen LogP contribution in [0, 0.1) is 0 Å². The van der Waals surface area contributed by atoms with Crippen LogP contribution in [-0.2, 0) is 21.1 Å². The van der Waals surface area contributed by atoms with Gasteiger partial charge in [-0.2, -0.15) is 0 Å². The first-order chi connectivity index (χ1) is 14.4. The number of carbonyl (C=O) groups excluding carboxylic acids is 1. The van der Waals surface area contributed by atoms with Crippen molar-refractivity contribution in [3.05, 3.63) is 65.6 Å². The number of fused-ring (bicyclic) bond motifs is 1. The molecule has 0 bridgehead atoms. The minimum atomic E-state index is -3.82. The highest BCUT2D eigenvalue weighted by atomic mass is 32.2. The van der Waals surface area contributed by atoms with E-state index in [-0.39, 0.29) is 14.7 Å². The molecule has 1 aromatic carbocycles. The van der Waals surface area contributed by atoms with Crippen molar-refractivity contribution in [2.24, 2.45) is 0 Å². The second kappa shape index (κ2) is 8.21. The second-order valence-corrected chi connectivity index (χ2v) is 10.4. The molecule has 3 heterocycles. The Morgan fingerprint density at radius 1 is 1.20 bits per heavy atom. The maximum absolute atomic E-state index is 13.3. The van der Waals surface area contributed by atoms with Gasteiger partial charge in [-0.25, -0.2) is 18.2 Å². The summed E-state index contributed by atoms with van der Waals surface area (Å²) in [6, 6.07) is 11.9. The molecule has 0 saturated heterocycles. The molecule has 0 atom stereocenters. The quantitative estimate of drug-likeness (QED) is 0.319. The number of methoxy groups -OCH3 is 1. The summed E-state index contributed by atoms with van der Waals surface area (Å²) in [6.07, 6.45) is 5.17. The zero-order valence-corrected chi connectivity index (χ0v) is 18.6. The number of nitrogens with zero attached hydrogens (tertiary/aromatic N) is 3. The molecular formula is C20H17N3O4S3. The molecule has 0 amide bonds. The predicted octanol–water partition coefficient (Wildman–Crippen LogP) is 3.88. The van der Waals surface area contributed by atoms with Gasteiger partial charge >= 0.3 is 5.97 Å². The van der Waals surface area contributed by atoms with Gasteiger partial charge < -0.3 is 9.30 Å². The number of imidazole rings is 1. The van der Waals surface area contributed by atoms with Crippen molar-refractivity contribution in [2.45, 2.75) is 20.5 Å². The normalized spacial score (nSPS) is 11.7. The average molecular weight is 460 g/mol. The van der Waals surface area contributed by atoms with E-state index in [2.05, 4.69) is 9.97 Å². The van der Waals surface area contributed by atoms with E-state index < -0.39 is 15.8 Å². The summed E-state index contributed by atoms with van der Waals surface area (Å²) in [5, 5.41) is 0. The number of hydrogen-bond donors (Lipinski definition) is 0. The zero-order valence-electron chi connectivity index (χ0n) is 16.1. The van der Waals surface area contributed by atoms with Gasteiger partial charge in [-0.3, -0.25) is 4.98 Å². The standard InChI is InChI=1S/C20H17N3O4S3/c1-27-19(24)17-10-18(20(28-2)29-17)30(25,26)14-6-7-16-15(9-14)22-12-23(16)11-13-5-3-4-8-21-13/h3-10,12H,11H2,1-2H3. The lowest BCUT2D eigenvalue weighted by molar-refractivity contribution is 0.0606. The summed E-state index contributed by atoms with van der Waals surface area (Å²) in [7, 11) is -2.56. The van der Waals surface area contributed by atoms with Crippen LogP contribution in [0.25, 0.3) is 11.0 Å². The second-order valence-electron chi connectivity index (χ2n) is 6.31. The van der Waals surface area contributed by atoms with E-state index in [4.69, 9.17) is 4.74 Å². The Labute approximate surface area is 181 Å². The number of esters is 1. The Kier molecular flexibility index (Phi) is 5.63. The summed E-state index contributed by atoms with van der Waals surface area (Å²) >= 11 is 2.38. The van der Waals surface area contributed by atoms with Crippen LogP contribution < -0.4 is 0 Å². The number of ether oxygens (including phenoxy) is 1. The third-order valence-electron chi connectivity index (χ3n) is 4.49. The molecule has 0 aliphatic carbocycles. The van der Waals surface area contributed by atoms with E-state index in [0.29, 0.717) is 16.3 Å². The fourth-order valence-corrected chi connectivity index (χ4v) is 6.95. The number of benzene rings is 1. The number of carbonyl (C=O) groups is 1. The fraction of sp³-hybridized carbons (Fsp3) is 0.150. The molecule has 4 aromatic rings. The van der Waals surface area contributed by atoms with E-state index in [1.807, 2.05) is 22.8 Å². The molecule has 7 nitrogen and oxygen atoms in total. The summed E-state index contributed by atoms with van der Waals surface area (Å²) in [5.41, 5.74) is 2.26. The number of sulfone groups is 1. The molecule has 0 saturated carbocycles. The van der Waals surface area contributed by atoms with Gasteiger partial charge in [0, 0.05) is 6.20 Å². The van der Waals surface area contributed by atoms with Crippen LogP contribution in [0.5, 0.6) is 0 Å². The topological polar surface area (TPSA) is 91.2 Å². The Bertz CT molecular complexity index is 1330. The van der Waals surface area contributed by atoms with Crippen LogP contribution in [0.4, 0.5) is 0 Å². The van der Waals surface area contributed by atoms with Gasteiger partial charge in [-0.15, -0.1) is 23.1 Å². The molecule has 0 unspecified atom stereocenters. The maximum Gasteiger partial charge on any atom is 0.348 e. The molecule has 10 heteroatoms. The third kappa shape index (κ3) is 3.73. The molecule has 0 N–H and O–H groups in total. The minimum absolute atomic E-state index is 0.104. The van der Waals surface area contributed by atoms with E-state index in [0.717, 1.165) is 22.5 Å². The van der Waals surface area contributed by atoms with Crippen LogP contribution in [0.3, 0.4) is 0 Å². The van der Waals surface area contributed by atoms with Crippen molar-refractivity contribution in [3.8, 4) is 0 Å². The molecular weight excluding hydrogens is 442 g/mol. The van der Waals surface area contributed by atoms with Crippen molar-refractivity contribution in [1.82, 2.24) is 14.5 Å². The lowest BCUT2D eigenvalue weighted by atomic mass is 10.3. The van der Waals surface area contributed by atoms with E-state index >= 15 is 0 Å². The Balaban J connectivity index is 1.73. The molecule has 0 spiro atoms. The SMILES string of the molecule is COC(=O)c1cc(S(=O)(=O)c2ccc3c(c2)ncn3Cc2ccccn2)c(SC)s1. The molecule has 4 rings (SSSR count). The number of hydrogen-bond acceptors (Lipinski definition) is 8. The summed E-state index contributed by atoms with van der Waals surface area (Å²) in [6.45, 7) is 0.535. The van der Waals surface area contributed by atoms with Crippen LogP contribution in [0.15, 0.2) is 69.0 Å². The van der Waals surface area contributed by atoms with Crippen LogP contribution >= 0.6 is 23.1 Å². The van der Waals surface area contributed by atoms with Gasteiger partial charge in [0.25, 0.3) is 0 Å². The molecule has 154 valence electrons. The highest BCUT2D eigenvalue weighted by molar-refractivity contribution is 8.01. The Hall–Kier alpha value is -2.69. The molecule has 0 fully saturated rings. The highest BCUT2D eigenvalue weighted by Crippen LogP contribution is 2.37. The van der Waals surface area contributed by atoms with Crippen LogP contribution in [0.2, 0.25) is 0 Å². The van der Waals surface area contributed by atoms with Crippen molar-refractivity contribution in [3.63, 3.8) is 0 Å². The summed E-state index contributed by atoms with van der Waals surface area (Å²) in [5.74, 6) is -0.555. The smallest absolute Gasteiger partial charge is 0.348 e. The van der Waals surface area contributed by atoms with Gasteiger partial charge in [0.05, 0.1) is 50.7 Å². The molecule has 30 heavy (non-hydrogen) atoms. The number of aromatic nitrogens is 3. The van der Waals surface area contributed by atoms with E-state index in [9.17, 15) is 13.2 Å². The molecule has 0 aliphatic heterocycles. The Morgan fingerprint density at radius 3 is 2.73 bits per heavy atom. The highest BCUT2D eigenvalue weighted by Gasteiger charge is 2.27. The lowest BCUT2D eigenvalue weighted by Gasteiger charge is -2.06. The zero-order chi connectivity index (χ0) is 21.3. The van der Waals surface area contributed by atoms with Gasteiger partial charge in [0.1, 0.15) is 4.88 Å². The van der Waals surface area contributed by atoms with Crippen molar-refractivity contribution < 1.29 is 17.9 Å². The van der Waals surface area contributed by atoms with Gasteiger partial charge in [0.15, 0.2) is 0 Å².